The summed E-state index contributed by atoms with van der Waals surface area (Å²) in [5, 5.41) is 5.65. The first kappa shape index (κ1) is 15.4. The standard InChI is InChI=1S/C17H19N3O3S/c18-8-15-19-12(9-24-15)17(21)20-16(10-1-2-10)11-3-4-13-14(7-11)23-6-5-22-13/h3-4,7,9-10,16H,1-2,5-6,8,18H2,(H,20,21). The SMILES string of the molecule is NCc1nc(C(=O)NC(c2ccc3c(c2)OCCO3)C2CC2)cs1. The molecule has 1 atom stereocenters. The highest BCUT2D eigenvalue weighted by Crippen LogP contribution is 2.43. The van der Waals surface area contributed by atoms with Crippen LogP contribution in [0.4, 0.5) is 0 Å². The smallest absolute Gasteiger partial charge is 0.271 e. The Labute approximate surface area is 144 Å². The van der Waals surface area contributed by atoms with Gasteiger partial charge in [-0.05, 0) is 36.5 Å². The first-order chi connectivity index (χ1) is 11.7. The highest BCUT2D eigenvalue weighted by atomic mass is 32.1. The van der Waals surface area contributed by atoms with Crippen molar-refractivity contribution in [2.45, 2.75) is 25.4 Å². The molecular weight excluding hydrogens is 326 g/mol. The van der Waals surface area contributed by atoms with E-state index < -0.39 is 0 Å². The predicted octanol–water partition coefficient (Wildman–Crippen LogP) is 2.25. The van der Waals surface area contributed by atoms with Crippen molar-refractivity contribution in [3.8, 4) is 11.5 Å². The van der Waals surface area contributed by atoms with Crippen LogP contribution in [-0.2, 0) is 6.54 Å². The molecule has 7 heteroatoms. The van der Waals surface area contributed by atoms with Crippen molar-refractivity contribution in [1.82, 2.24) is 10.3 Å². The number of benzene rings is 1. The molecule has 3 N–H and O–H groups in total. The van der Waals surface area contributed by atoms with E-state index >= 15 is 0 Å². The van der Waals surface area contributed by atoms with Crippen LogP contribution in [0.5, 0.6) is 11.5 Å². The lowest BCUT2D eigenvalue weighted by molar-refractivity contribution is 0.0927. The third-order valence-electron chi connectivity index (χ3n) is 4.26. The van der Waals surface area contributed by atoms with Gasteiger partial charge in [-0.25, -0.2) is 4.98 Å². The molecule has 1 unspecified atom stereocenters. The molecule has 1 saturated carbocycles. The van der Waals surface area contributed by atoms with Crippen LogP contribution in [0.25, 0.3) is 0 Å². The van der Waals surface area contributed by atoms with Crippen molar-refractivity contribution in [3.05, 3.63) is 39.8 Å². The number of hydrogen-bond donors (Lipinski definition) is 2. The maximum absolute atomic E-state index is 12.5. The van der Waals surface area contributed by atoms with Gasteiger partial charge < -0.3 is 20.5 Å². The topological polar surface area (TPSA) is 86.5 Å². The van der Waals surface area contributed by atoms with E-state index in [2.05, 4.69) is 10.3 Å². The van der Waals surface area contributed by atoms with Crippen molar-refractivity contribution < 1.29 is 14.3 Å². The normalized spacial score (nSPS) is 17.4. The third kappa shape index (κ3) is 3.09. The van der Waals surface area contributed by atoms with Gasteiger partial charge in [-0.2, -0.15) is 0 Å². The Balaban J connectivity index is 1.55. The molecule has 2 aromatic rings. The van der Waals surface area contributed by atoms with E-state index in [0.29, 0.717) is 31.4 Å². The Kier molecular flexibility index (Phi) is 4.12. The van der Waals surface area contributed by atoms with E-state index in [4.69, 9.17) is 15.2 Å². The molecule has 126 valence electrons. The van der Waals surface area contributed by atoms with Crippen LogP contribution >= 0.6 is 11.3 Å². The van der Waals surface area contributed by atoms with Gasteiger partial charge in [-0.1, -0.05) is 6.07 Å². The van der Waals surface area contributed by atoms with Gasteiger partial charge in [0, 0.05) is 11.9 Å². The second-order valence-electron chi connectivity index (χ2n) is 6.02. The number of nitrogens with zero attached hydrogens (tertiary/aromatic N) is 1. The fraction of sp³-hybridized carbons (Fsp3) is 0.412. The monoisotopic (exact) mass is 345 g/mol. The molecule has 1 amide bonds. The number of nitrogens with one attached hydrogen (secondary N) is 1. The lowest BCUT2D eigenvalue weighted by Crippen LogP contribution is -2.30. The van der Waals surface area contributed by atoms with Crippen molar-refractivity contribution in [3.63, 3.8) is 0 Å². The number of hydrogen-bond acceptors (Lipinski definition) is 6. The van der Waals surface area contributed by atoms with Crippen molar-refractivity contribution in [2.75, 3.05) is 13.2 Å². The molecule has 1 aromatic heterocycles. The summed E-state index contributed by atoms with van der Waals surface area (Å²) in [6.07, 6.45) is 2.23. The van der Waals surface area contributed by atoms with Gasteiger partial charge in [0.25, 0.3) is 5.91 Å². The van der Waals surface area contributed by atoms with Gasteiger partial charge in [0.05, 0.1) is 6.04 Å². The lowest BCUT2D eigenvalue weighted by Gasteiger charge is -2.22. The summed E-state index contributed by atoms with van der Waals surface area (Å²) in [6, 6.07) is 5.87. The second-order valence-corrected chi connectivity index (χ2v) is 6.96. The number of rotatable bonds is 5. The number of ether oxygens (including phenoxy) is 2. The van der Waals surface area contributed by atoms with E-state index in [9.17, 15) is 4.79 Å². The zero-order valence-electron chi connectivity index (χ0n) is 13.2. The minimum absolute atomic E-state index is 0.0312. The number of amides is 1. The number of carbonyl (C=O) groups is 1. The molecule has 24 heavy (non-hydrogen) atoms. The molecule has 2 heterocycles. The average molecular weight is 345 g/mol. The Morgan fingerprint density at radius 2 is 2.12 bits per heavy atom. The summed E-state index contributed by atoms with van der Waals surface area (Å²) >= 11 is 1.41. The van der Waals surface area contributed by atoms with Gasteiger partial charge in [-0.3, -0.25) is 4.79 Å². The highest BCUT2D eigenvalue weighted by molar-refractivity contribution is 7.09. The van der Waals surface area contributed by atoms with Gasteiger partial charge in [0.15, 0.2) is 11.5 Å². The molecule has 0 radical (unpaired) electrons. The quantitative estimate of drug-likeness (QED) is 0.868. The van der Waals surface area contributed by atoms with Crippen LogP contribution in [0.1, 0.15) is 39.9 Å². The van der Waals surface area contributed by atoms with Crippen LogP contribution in [0.3, 0.4) is 0 Å². The van der Waals surface area contributed by atoms with E-state index in [0.717, 1.165) is 34.9 Å². The first-order valence-electron chi connectivity index (χ1n) is 8.09. The number of thiazole rings is 1. The van der Waals surface area contributed by atoms with Crippen LogP contribution in [0, 0.1) is 5.92 Å². The Bertz CT molecular complexity index is 757. The molecule has 2 aliphatic rings. The van der Waals surface area contributed by atoms with Crippen LogP contribution < -0.4 is 20.5 Å². The molecular formula is C17H19N3O3S. The average Bonchev–Trinajstić information content (AvgIpc) is 3.34. The van der Waals surface area contributed by atoms with Crippen molar-refractivity contribution in [1.29, 1.82) is 0 Å². The molecule has 1 aliphatic carbocycles. The third-order valence-corrected chi connectivity index (χ3v) is 5.14. The molecule has 0 bridgehead atoms. The highest BCUT2D eigenvalue weighted by Gasteiger charge is 2.34. The van der Waals surface area contributed by atoms with E-state index in [1.807, 2.05) is 18.2 Å². The number of carbonyl (C=O) groups excluding carboxylic acids is 1. The molecule has 6 nitrogen and oxygen atoms in total. The largest absolute Gasteiger partial charge is 0.486 e. The Hall–Kier alpha value is -2.12. The van der Waals surface area contributed by atoms with Gasteiger partial charge >= 0.3 is 0 Å². The summed E-state index contributed by atoms with van der Waals surface area (Å²) in [6.45, 7) is 1.48. The zero-order valence-corrected chi connectivity index (χ0v) is 14.0. The summed E-state index contributed by atoms with van der Waals surface area (Å²) in [7, 11) is 0. The fourth-order valence-electron chi connectivity index (χ4n) is 2.88. The second kappa shape index (κ2) is 6.41. The Morgan fingerprint density at radius 3 is 2.83 bits per heavy atom. The van der Waals surface area contributed by atoms with E-state index in [1.54, 1.807) is 5.38 Å². The maximum atomic E-state index is 12.5. The number of nitrogens with two attached hydrogens (primary N) is 1. The zero-order chi connectivity index (χ0) is 16.5. The van der Waals surface area contributed by atoms with Crippen LogP contribution in [0.15, 0.2) is 23.6 Å². The van der Waals surface area contributed by atoms with E-state index in [-0.39, 0.29) is 11.9 Å². The maximum Gasteiger partial charge on any atom is 0.271 e. The summed E-state index contributed by atoms with van der Waals surface area (Å²) < 4.78 is 11.2. The lowest BCUT2D eigenvalue weighted by atomic mass is 10.0. The molecule has 1 fully saturated rings. The Morgan fingerprint density at radius 1 is 1.33 bits per heavy atom. The summed E-state index contributed by atoms with van der Waals surface area (Å²) in [5.41, 5.74) is 7.05. The molecule has 1 aliphatic heterocycles. The fourth-order valence-corrected chi connectivity index (χ4v) is 3.54. The molecule has 0 spiro atoms. The molecule has 0 saturated heterocycles. The van der Waals surface area contributed by atoms with Gasteiger partial charge in [0.1, 0.15) is 23.9 Å². The molecule has 1 aromatic carbocycles. The van der Waals surface area contributed by atoms with Gasteiger partial charge in [-0.15, -0.1) is 11.3 Å². The predicted molar refractivity (Wildman–Crippen MR) is 90.4 cm³/mol. The van der Waals surface area contributed by atoms with Crippen molar-refractivity contribution in [2.24, 2.45) is 11.7 Å². The minimum atomic E-state index is -0.155. The minimum Gasteiger partial charge on any atom is -0.486 e. The van der Waals surface area contributed by atoms with Crippen LogP contribution in [0.2, 0.25) is 0 Å². The van der Waals surface area contributed by atoms with E-state index in [1.165, 1.54) is 11.3 Å². The number of aromatic nitrogens is 1. The summed E-state index contributed by atoms with van der Waals surface area (Å²) in [5.74, 6) is 1.82. The van der Waals surface area contributed by atoms with Crippen LogP contribution in [-0.4, -0.2) is 24.1 Å². The number of fused-ring (bicyclic) bond motifs is 1. The molecule has 4 rings (SSSR count). The summed E-state index contributed by atoms with van der Waals surface area (Å²) in [4.78, 5) is 16.8. The van der Waals surface area contributed by atoms with Gasteiger partial charge in [0.2, 0.25) is 0 Å². The van der Waals surface area contributed by atoms with Crippen molar-refractivity contribution >= 4 is 17.2 Å². The first-order valence-corrected chi connectivity index (χ1v) is 8.97.